The van der Waals surface area contributed by atoms with Crippen LogP contribution >= 0.6 is 11.3 Å². The molecular weight excluding hydrogens is 362 g/mol. The second-order valence-corrected chi connectivity index (χ2v) is 8.97. The topological polar surface area (TPSA) is 102 Å². The fourth-order valence-electron chi connectivity index (χ4n) is 2.52. The molecule has 0 amide bonds. The summed E-state index contributed by atoms with van der Waals surface area (Å²) in [6, 6.07) is 3.53. The average molecular weight is 377 g/mol. The first-order valence-corrected chi connectivity index (χ1v) is 10.0. The highest BCUT2D eigenvalue weighted by molar-refractivity contribution is 7.91. The second-order valence-electron chi connectivity index (χ2n) is 5.64. The van der Waals surface area contributed by atoms with Gasteiger partial charge >= 0.3 is 0 Å². The van der Waals surface area contributed by atoms with Gasteiger partial charge in [-0.25, -0.2) is 13.4 Å². The zero-order valence-electron chi connectivity index (χ0n) is 13.4. The summed E-state index contributed by atoms with van der Waals surface area (Å²) in [6.07, 6.45) is 5.49. The van der Waals surface area contributed by atoms with Crippen molar-refractivity contribution in [2.24, 2.45) is 0 Å². The van der Waals surface area contributed by atoms with Gasteiger partial charge in [0.2, 0.25) is 11.7 Å². The molecule has 0 radical (unpaired) electrons. The van der Waals surface area contributed by atoms with Crippen molar-refractivity contribution in [1.82, 2.24) is 24.4 Å². The summed E-state index contributed by atoms with van der Waals surface area (Å²) in [5.41, 5.74) is 0.520. The molecule has 0 aliphatic carbocycles. The molecule has 0 saturated carbocycles. The maximum atomic E-state index is 12.6. The highest BCUT2D eigenvalue weighted by atomic mass is 32.2. The number of thiophene rings is 1. The third-order valence-corrected chi connectivity index (χ3v) is 7.54. The fraction of sp³-hybridized carbons (Fsp3) is 0.333. The highest BCUT2D eigenvalue weighted by Gasteiger charge is 2.41. The fourth-order valence-corrected chi connectivity index (χ4v) is 5.50. The quantitative estimate of drug-likeness (QED) is 0.669. The van der Waals surface area contributed by atoms with Gasteiger partial charge in [0.15, 0.2) is 0 Å². The Hall–Kier alpha value is -2.17. The largest absolute Gasteiger partial charge is 0.339 e. The van der Waals surface area contributed by atoms with Crippen molar-refractivity contribution in [3.63, 3.8) is 0 Å². The van der Waals surface area contributed by atoms with E-state index in [0.29, 0.717) is 34.7 Å². The number of nitrogens with zero attached hydrogens (tertiary/aromatic N) is 5. The minimum absolute atomic E-state index is 0.0988. The van der Waals surface area contributed by atoms with Crippen LogP contribution in [0.4, 0.5) is 0 Å². The van der Waals surface area contributed by atoms with Crippen molar-refractivity contribution < 1.29 is 12.9 Å². The van der Waals surface area contributed by atoms with E-state index >= 15 is 0 Å². The van der Waals surface area contributed by atoms with Crippen LogP contribution in [0, 0.1) is 0 Å². The van der Waals surface area contributed by atoms with Gasteiger partial charge in [-0.1, -0.05) is 12.1 Å². The van der Waals surface area contributed by atoms with Crippen LogP contribution in [0.2, 0.25) is 0 Å². The predicted molar refractivity (Wildman–Crippen MR) is 90.5 cm³/mol. The Morgan fingerprint density at radius 3 is 2.84 bits per heavy atom. The monoisotopic (exact) mass is 377 g/mol. The van der Waals surface area contributed by atoms with Crippen LogP contribution in [0.3, 0.4) is 0 Å². The van der Waals surface area contributed by atoms with Crippen LogP contribution in [0.15, 0.2) is 39.5 Å². The van der Waals surface area contributed by atoms with E-state index in [-0.39, 0.29) is 5.92 Å². The van der Waals surface area contributed by atoms with Crippen LogP contribution in [0.5, 0.6) is 0 Å². The molecule has 10 heteroatoms. The summed E-state index contributed by atoms with van der Waals surface area (Å²) in [6.45, 7) is 2.68. The standard InChI is InChI=1S/C15H15N5O3S2/c1-2-11-3-4-13(24-11)25(21,22)20-8-10(9-20)15-18-14(19-23-15)12-7-16-5-6-17-12/h3-7,10H,2,8-9H2,1H3. The lowest BCUT2D eigenvalue weighted by Gasteiger charge is -2.35. The average Bonchev–Trinajstić information content (AvgIpc) is 3.24. The van der Waals surface area contributed by atoms with Crippen molar-refractivity contribution >= 4 is 21.4 Å². The molecule has 1 aliphatic heterocycles. The van der Waals surface area contributed by atoms with Gasteiger partial charge in [-0.05, 0) is 18.6 Å². The van der Waals surface area contributed by atoms with Crippen LogP contribution in [-0.4, -0.2) is 45.9 Å². The van der Waals surface area contributed by atoms with Gasteiger partial charge in [-0.2, -0.15) is 9.29 Å². The molecule has 8 nitrogen and oxygen atoms in total. The summed E-state index contributed by atoms with van der Waals surface area (Å²) in [5, 5.41) is 3.89. The molecule has 0 aromatic carbocycles. The molecule has 25 heavy (non-hydrogen) atoms. The number of rotatable bonds is 5. The van der Waals surface area contributed by atoms with Gasteiger partial charge in [-0.3, -0.25) is 4.98 Å². The predicted octanol–water partition coefficient (Wildman–Crippen LogP) is 1.94. The minimum Gasteiger partial charge on any atom is -0.339 e. The maximum absolute atomic E-state index is 12.6. The van der Waals surface area contributed by atoms with Crippen LogP contribution in [0.1, 0.15) is 23.6 Å². The molecule has 1 saturated heterocycles. The summed E-state index contributed by atoms with van der Waals surface area (Å²) >= 11 is 1.32. The molecule has 1 aliphatic rings. The zero-order chi connectivity index (χ0) is 17.4. The molecule has 0 spiro atoms. The summed E-state index contributed by atoms with van der Waals surface area (Å²) < 4.78 is 32.3. The van der Waals surface area contributed by atoms with Gasteiger partial charge in [0.05, 0.1) is 12.1 Å². The third kappa shape index (κ3) is 2.96. The molecule has 0 atom stereocenters. The van der Waals surface area contributed by atoms with Gasteiger partial charge in [0.1, 0.15) is 9.90 Å². The van der Waals surface area contributed by atoms with Crippen molar-refractivity contribution in [2.75, 3.05) is 13.1 Å². The molecule has 130 valence electrons. The van der Waals surface area contributed by atoms with E-state index in [2.05, 4.69) is 20.1 Å². The number of hydrogen-bond acceptors (Lipinski definition) is 8. The molecule has 0 N–H and O–H groups in total. The number of hydrogen-bond donors (Lipinski definition) is 0. The van der Waals surface area contributed by atoms with Gasteiger partial charge in [0, 0.05) is 30.4 Å². The first-order chi connectivity index (χ1) is 12.1. The lowest BCUT2D eigenvalue weighted by Crippen LogP contribution is -2.48. The van der Waals surface area contributed by atoms with Crippen molar-refractivity contribution in [3.8, 4) is 11.5 Å². The zero-order valence-corrected chi connectivity index (χ0v) is 15.0. The van der Waals surface area contributed by atoms with Crippen LogP contribution < -0.4 is 0 Å². The molecular formula is C15H15N5O3S2. The lowest BCUT2D eigenvalue weighted by molar-refractivity contribution is 0.217. The van der Waals surface area contributed by atoms with Crippen molar-refractivity contribution in [3.05, 3.63) is 41.5 Å². The Bertz CT molecular complexity index is 978. The Labute approximate surface area is 148 Å². The molecule has 3 aromatic rings. The van der Waals surface area contributed by atoms with E-state index in [9.17, 15) is 8.42 Å². The number of aromatic nitrogens is 4. The molecule has 1 fully saturated rings. The summed E-state index contributed by atoms with van der Waals surface area (Å²) in [4.78, 5) is 13.4. The first kappa shape index (κ1) is 16.3. The molecule has 4 rings (SSSR count). The normalized spacial score (nSPS) is 16.0. The van der Waals surface area contributed by atoms with E-state index in [4.69, 9.17) is 4.52 Å². The van der Waals surface area contributed by atoms with E-state index in [1.165, 1.54) is 15.6 Å². The number of aryl methyl sites for hydroxylation is 1. The van der Waals surface area contributed by atoms with Gasteiger partial charge < -0.3 is 4.52 Å². The first-order valence-electron chi connectivity index (χ1n) is 7.76. The molecule has 3 aromatic heterocycles. The molecule has 4 heterocycles. The number of sulfonamides is 1. The van der Waals surface area contributed by atoms with Crippen LogP contribution in [0.25, 0.3) is 11.5 Å². The maximum Gasteiger partial charge on any atom is 0.252 e. The summed E-state index contributed by atoms with van der Waals surface area (Å²) in [5.74, 6) is 0.682. The van der Waals surface area contributed by atoms with Gasteiger partial charge in [0.25, 0.3) is 10.0 Å². The van der Waals surface area contributed by atoms with E-state index in [0.717, 1.165) is 11.3 Å². The van der Waals surface area contributed by atoms with Crippen molar-refractivity contribution in [2.45, 2.75) is 23.5 Å². The lowest BCUT2D eigenvalue weighted by atomic mass is 10.0. The highest BCUT2D eigenvalue weighted by Crippen LogP contribution is 2.34. The Morgan fingerprint density at radius 1 is 1.32 bits per heavy atom. The minimum atomic E-state index is -3.44. The molecule has 0 unspecified atom stereocenters. The second kappa shape index (κ2) is 6.28. The SMILES string of the molecule is CCc1ccc(S(=O)(=O)N2CC(c3nc(-c4cnccn4)no3)C2)s1. The van der Waals surface area contributed by atoms with Crippen molar-refractivity contribution in [1.29, 1.82) is 0 Å². The Kier molecular flexibility index (Phi) is 4.10. The molecule has 0 bridgehead atoms. The Balaban J connectivity index is 1.46. The van der Waals surface area contributed by atoms with Gasteiger partial charge in [-0.15, -0.1) is 11.3 Å². The van der Waals surface area contributed by atoms with E-state index in [1.807, 2.05) is 13.0 Å². The Morgan fingerprint density at radius 2 is 2.16 bits per heavy atom. The van der Waals surface area contributed by atoms with E-state index in [1.54, 1.807) is 24.7 Å². The van der Waals surface area contributed by atoms with Crippen LogP contribution in [-0.2, 0) is 16.4 Å². The third-order valence-electron chi connectivity index (χ3n) is 4.01. The summed E-state index contributed by atoms with van der Waals surface area (Å²) in [7, 11) is -3.44. The van der Waals surface area contributed by atoms with E-state index < -0.39 is 10.0 Å². The smallest absolute Gasteiger partial charge is 0.252 e.